The van der Waals surface area contributed by atoms with Crippen LogP contribution in [0.25, 0.3) is 0 Å². The first-order valence-corrected chi connectivity index (χ1v) is 10.0. The molecule has 2 amide bonds. The van der Waals surface area contributed by atoms with Gasteiger partial charge in [0.1, 0.15) is 17.9 Å². The topological polar surface area (TPSA) is 84.5 Å². The van der Waals surface area contributed by atoms with Crippen molar-refractivity contribution in [1.82, 2.24) is 10.6 Å². The quantitative estimate of drug-likeness (QED) is 0.421. The first-order chi connectivity index (χ1) is 13.8. The lowest BCUT2D eigenvalue weighted by Crippen LogP contribution is -2.53. The molecule has 0 radical (unpaired) electrons. The Morgan fingerprint density at radius 1 is 1.00 bits per heavy atom. The molecule has 0 spiro atoms. The van der Waals surface area contributed by atoms with E-state index in [4.69, 9.17) is 4.74 Å². The number of halogens is 2. The average Bonchev–Trinajstić information content (AvgIpc) is 2.66. The van der Waals surface area contributed by atoms with Gasteiger partial charge >= 0.3 is 5.97 Å². The van der Waals surface area contributed by atoms with Crippen LogP contribution in [0.4, 0.5) is 4.39 Å². The summed E-state index contributed by atoms with van der Waals surface area (Å²) in [6, 6.07) is 11.4. The number of carbonyl (C=O) groups is 3. The molecular formula is C21H22FIN2O4. The summed E-state index contributed by atoms with van der Waals surface area (Å²) >= 11 is 2.16. The van der Waals surface area contributed by atoms with Crippen molar-refractivity contribution in [2.24, 2.45) is 0 Å². The highest BCUT2D eigenvalue weighted by atomic mass is 127. The minimum Gasteiger partial charge on any atom is -0.467 e. The Bertz CT molecular complexity index is 890. The Morgan fingerprint density at radius 3 is 2.21 bits per heavy atom. The van der Waals surface area contributed by atoms with Crippen molar-refractivity contribution < 1.29 is 23.5 Å². The molecule has 2 N–H and O–H groups in total. The number of methoxy groups -OCH3 is 1. The maximum absolute atomic E-state index is 13.5. The molecule has 2 rings (SSSR count). The molecule has 154 valence electrons. The van der Waals surface area contributed by atoms with Gasteiger partial charge in [-0.25, -0.2) is 9.18 Å². The zero-order valence-electron chi connectivity index (χ0n) is 16.1. The molecular weight excluding hydrogens is 490 g/mol. The molecule has 0 unspecified atom stereocenters. The first kappa shape index (κ1) is 22.8. The Hall–Kier alpha value is -2.49. The third-order valence-corrected chi connectivity index (χ3v) is 4.82. The second-order valence-electron chi connectivity index (χ2n) is 6.51. The largest absolute Gasteiger partial charge is 0.467 e. The summed E-state index contributed by atoms with van der Waals surface area (Å²) < 4.78 is 19.3. The molecule has 0 aliphatic carbocycles. The van der Waals surface area contributed by atoms with Crippen molar-refractivity contribution in [3.8, 4) is 0 Å². The molecule has 0 bridgehead atoms. The van der Waals surface area contributed by atoms with Gasteiger partial charge in [0, 0.05) is 23.3 Å². The van der Waals surface area contributed by atoms with Crippen LogP contribution < -0.4 is 10.6 Å². The van der Waals surface area contributed by atoms with Crippen LogP contribution in [0.3, 0.4) is 0 Å². The van der Waals surface area contributed by atoms with E-state index in [1.54, 1.807) is 6.07 Å². The van der Waals surface area contributed by atoms with Gasteiger partial charge in [-0.1, -0.05) is 24.3 Å². The SMILES string of the molecule is COC(=O)[C@@H](Cc1cccc(I)c1)NC(=O)[C@H](Cc1cccc(F)c1)NC(C)=O. The van der Waals surface area contributed by atoms with E-state index in [-0.39, 0.29) is 12.8 Å². The number of nitrogens with one attached hydrogen (secondary N) is 2. The number of esters is 1. The van der Waals surface area contributed by atoms with Crippen LogP contribution >= 0.6 is 22.6 Å². The number of carbonyl (C=O) groups excluding carboxylic acids is 3. The summed E-state index contributed by atoms with van der Waals surface area (Å²) in [5.74, 6) is -1.99. The van der Waals surface area contributed by atoms with E-state index in [9.17, 15) is 18.8 Å². The number of rotatable bonds is 8. The lowest BCUT2D eigenvalue weighted by atomic mass is 10.0. The Morgan fingerprint density at radius 2 is 1.62 bits per heavy atom. The van der Waals surface area contributed by atoms with Gasteiger partial charge in [-0.2, -0.15) is 0 Å². The van der Waals surface area contributed by atoms with Crippen LogP contribution in [-0.4, -0.2) is 37.0 Å². The number of amides is 2. The summed E-state index contributed by atoms with van der Waals surface area (Å²) in [6.45, 7) is 1.29. The number of hydrogen-bond acceptors (Lipinski definition) is 4. The summed E-state index contributed by atoms with van der Waals surface area (Å²) in [7, 11) is 1.24. The van der Waals surface area contributed by atoms with Crippen molar-refractivity contribution in [3.05, 3.63) is 69.0 Å². The van der Waals surface area contributed by atoms with Crippen molar-refractivity contribution in [2.75, 3.05) is 7.11 Å². The van der Waals surface area contributed by atoms with Gasteiger partial charge in [-0.15, -0.1) is 0 Å². The minimum absolute atomic E-state index is 0.0836. The Labute approximate surface area is 182 Å². The lowest BCUT2D eigenvalue weighted by molar-refractivity contribution is -0.145. The van der Waals surface area contributed by atoms with Crippen molar-refractivity contribution in [3.63, 3.8) is 0 Å². The molecule has 0 aliphatic rings. The Kier molecular flexibility index (Phi) is 8.56. The maximum atomic E-state index is 13.5. The maximum Gasteiger partial charge on any atom is 0.328 e. The number of hydrogen-bond donors (Lipinski definition) is 2. The second-order valence-corrected chi connectivity index (χ2v) is 7.75. The molecule has 29 heavy (non-hydrogen) atoms. The van der Waals surface area contributed by atoms with E-state index < -0.39 is 35.7 Å². The molecule has 0 saturated heterocycles. The summed E-state index contributed by atoms with van der Waals surface area (Å²) in [5, 5.41) is 5.21. The molecule has 0 saturated carbocycles. The van der Waals surface area contributed by atoms with Crippen molar-refractivity contribution >= 4 is 40.4 Å². The van der Waals surface area contributed by atoms with Crippen LogP contribution in [0.5, 0.6) is 0 Å². The highest BCUT2D eigenvalue weighted by molar-refractivity contribution is 14.1. The molecule has 0 heterocycles. The van der Waals surface area contributed by atoms with E-state index in [1.807, 2.05) is 24.3 Å². The molecule has 6 nitrogen and oxygen atoms in total. The molecule has 8 heteroatoms. The summed E-state index contributed by atoms with van der Waals surface area (Å²) in [4.78, 5) is 36.6. The zero-order valence-corrected chi connectivity index (χ0v) is 18.2. The fraction of sp³-hybridized carbons (Fsp3) is 0.286. The van der Waals surface area contributed by atoms with Crippen LogP contribution in [0.2, 0.25) is 0 Å². The number of ether oxygens (including phenoxy) is 1. The monoisotopic (exact) mass is 512 g/mol. The van der Waals surface area contributed by atoms with Gasteiger partial charge in [-0.05, 0) is 58.0 Å². The fourth-order valence-electron chi connectivity index (χ4n) is 2.86. The third-order valence-electron chi connectivity index (χ3n) is 4.15. The lowest BCUT2D eigenvalue weighted by Gasteiger charge is -2.22. The molecule has 0 aliphatic heterocycles. The Balaban J connectivity index is 2.17. The van der Waals surface area contributed by atoms with Gasteiger partial charge < -0.3 is 15.4 Å². The van der Waals surface area contributed by atoms with E-state index in [0.29, 0.717) is 5.56 Å². The highest BCUT2D eigenvalue weighted by Gasteiger charge is 2.27. The highest BCUT2D eigenvalue weighted by Crippen LogP contribution is 2.12. The molecule has 2 atom stereocenters. The van der Waals surface area contributed by atoms with Gasteiger partial charge in [0.25, 0.3) is 0 Å². The van der Waals surface area contributed by atoms with E-state index in [2.05, 4.69) is 33.2 Å². The van der Waals surface area contributed by atoms with E-state index in [1.165, 1.54) is 32.2 Å². The zero-order chi connectivity index (χ0) is 21.4. The normalized spacial score (nSPS) is 12.6. The standard InChI is InChI=1S/C21H22FIN2O4/c1-13(26)24-18(11-14-5-3-7-16(22)9-14)20(27)25-19(21(28)29-2)12-15-6-4-8-17(23)10-15/h3-10,18-19H,11-12H2,1-2H3,(H,24,26)(H,25,27)/t18-,19+/m0/s1. The molecule has 2 aromatic rings. The minimum atomic E-state index is -0.961. The molecule has 0 fully saturated rings. The van der Waals surface area contributed by atoms with Crippen LogP contribution in [0.1, 0.15) is 18.1 Å². The van der Waals surface area contributed by atoms with Gasteiger partial charge in [-0.3, -0.25) is 9.59 Å². The van der Waals surface area contributed by atoms with Crippen LogP contribution in [0.15, 0.2) is 48.5 Å². The predicted octanol–water partition coefficient (Wildman–Crippen LogP) is 2.38. The summed E-state index contributed by atoms with van der Waals surface area (Å²) in [6.07, 6.45) is 0.322. The third kappa shape index (κ3) is 7.45. The van der Waals surface area contributed by atoms with Crippen LogP contribution in [0, 0.1) is 9.39 Å². The summed E-state index contributed by atoms with van der Waals surface area (Å²) in [5.41, 5.74) is 1.40. The molecule has 2 aromatic carbocycles. The molecule has 0 aromatic heterocycles. The van der Waals surface area contributed by atoms with Crippen molar-refractivity contribution in [1.29, 1.82) is 0 Å². The smallest absolute Gasteiger partial charge is 0.328 e. The number of benzene rings is 2. The van der Waals surface area contributed by atoms with Gasteiger partial charge in [0.05, 0.1) is 7.11 Å². The predicted molar refractivity (Wildman–Crippen MR) is 115 cm³/mol. The van der Waals surface area contributed by atoms with Gasteiger partial charge in [0.2, 0.25) is 11.8 Å². The van der Waals surface area contributed by atoms with E-state index >= 15 is 0 Å². The second kappa shape index (κ2) is 10.9. The van der Waals surface area contributed by atoms with Crippen molar-refractivity contribution in [2.45, 2.75) is 31.8 Å². The average molecular weight is 512 g/mol. The fourth-order valence-corrected chi connectivity index (χ4v) is 3.47. The first-order valence-electron chi connectivity index (χ1n) is 8.92. The van der Waals surface area contributed by atoms with Gasteiger partial charge in [0.15, 0.2) is 0 Å². The van der Waals surface area contributed by atoms with E-state index in [0.717, 1.165) is 9.13 Å². The van der Waals surface area contributed by atoms with Crippen LogP contribution in [-0.2, 0) is 32.0 Å².